The smallest absolute Gasteiger partial charge is 0.411 e. The summed E-state index contributed by atoms with van der Waals surface area (Å²) in [5.41, 5.74) is 4.18. The Bertz CT molecular complexity index is 1080. The van der Waals surface area contributed by atoms with Gasteiger partial charge in [0.25, 0.3) is 0 Å². The number of fused-ring (bicyclic) bond motifs is 3. The van der Waals surface area contributed by atoms with Gasteiger partial charge in [-0.3, -0.25) is 5.32 Å². The highest BCUT2D eigenvalue weighted by Gasteiger charge is 2.29. The van der Waals surface area contributed by atoms with E-state index in [1.165, 1.54) is 13.0 Å². The van der Waals surface area contributed by atoms with Crippen molar-refractivity contribution in [3.05, 3.63) is 88.7 Å². The molecule has 1 aliphatic rings. The molecule has 0 aliphatic heterocycles. The molecule has 2 N–H and O–H groups in total. The van der Waals surface area contributed by atoms with Gasteiger partial charge in [-0.1, -0.05) is 48.5 Å². The highest BCUT2D eigenvalue weighted by molar-refractivity contribution is 5.99. The number of benzene rings is 3. The van der Waals surface area contributed by atoms with Gasteiger partial charge < -0.3 is 9.84 Å². The third kappa shape index (κ3) is 3.45. The standard InChI is InChI=1S/C23H18FNO4/c1-13-10-18(22(26)27)21(11-20(13)24)25-23(28)29-12-19-16-8-4-2-6-14(16)15-7-3-5-9-17(15)19/h2-11,19H,12H2,1H3,(H,25,28)(H,26,27). The number of amides is 1. The lowest BCUT2D eigenvalue weighted by molar-refractivity contribution is 0.0698. The quantitative estimate of drug-likeness (QED) is 0.641. The fourth-order valence-electron chi connectivity index (χ4n) is 3.71. The zero-order valence-electron chi connectivity index (χ0n) is 15.6. The predicted octanol–water partition coefficient (Wildman–Crippen LogP) is 5.19. The first-order chi connectivity index (χ1) is 14.0. The van der Waals surface area contributed by atoms with Crippen LogP contribution in [0, 0.1) is 12.7 Å². The van der Waals surface area contributed by atoms with E-state index in [2.05, 4.69) is 5.32 Å². The normalized spacial score (nSPS) is 12.2. The molecule has 3 aromatic carbocycles. The van der Waals surface area contributed by atoms with Gasteiger partial charge in [0.2, 0.25) is 0 Å². The fourth-order valence-corrected chi connectivity index (χ4v) is 3.71. The number of hydrogen-bond donors (Lipinski definition) is 2. The fraction of sp³-hybridized carbons (Fsp3) is 0.130. The van der Waals surface area contributed by atoms with Gasteiger partial charge in [-0.2, -0.15) is 0 Å². The average molecular weight is 391 g/mol. The lowest BCUT2D eigenvalue weighted by Gasteiger charge is -2.15. The van der Waals surface area contributed by atoms with Crippen molar-refractivity contribution in [2.75, 3.05) is 11.9 Å². The number of carbonyl (C=O) groups excluding carboxylic acids is 1. The zero-order valence-corrected chi connectivity index (χ0v) is 15.6. The minimum atomic E-state index is -1.26. The molecule has 0 saturated carbocycles. The summed E-state index contributed by atoms with van der Waals surface area (Å²) in [6.07, 6.45) is -0.836. The number of carbonyl (C=O) groups is 2. The number of ether oxygens (including phenoxy) is 1. The minimum absolute atomic E-state index is 0.0800. The van der Waals surface area contributed by atoms with Crippen LogP contribution in [0.15, 0.2) is 60.7 Å². The third-order valence-corrected chi connectivity index (χ3v) is 5.11. The van der Waals surface area contributed by atoms with Crippen LogP contribution in [0.4, 0.5) is 14.9 Å². The molecule has 4 rings (SSSR count). The Morgan fingerprint density at radius 3 is 2.21 bits per heavy atom. The summed E-state index contributed by atoms with van der Waals surface area (Å²) in [5, 5.41) is 11.7. The van der Waals surface area contributed by atoms with Gasteiger partial charge in [-0.15, -0.1) is 0 Å². The Labute approximate surface area is 166 Å². The lowest BCUT2D eigenvalue weighted by Crippen LogP contribution is -2.19. The maximum atomic E-state index is 13.9. The zero-order chi connectivity index (χ0) is 20.5. The molecule has 1 amide bonds. The molecule has 146 valence electrons. The number of anilines is 1. The van der Waals surface area contributed by atoms with Crippen LogP contribution in [-0.2, 0) is 4.74 Å². The number of aryl methyl sites for hydroxylation is 1. The van der Waals surface area contributed by atoms with E-state index in [0.29, 0.717) is 0 Å². The molecule has 1 aliphatic carbocycles. The van der Waals surface area contributed by atoms with Crippen LogP contribution in [0.5, 0.6) is 0 Å². The number of nitrogens with one attached hydrogen (secondary N) is 1. The number of halogens is 1. The second-order valence-electron chi connectivity index (χ2n) is 6.90. The van der Waals surface area contributed by atoms with Gasteiger partial charge in [-0.05, 0) is 46.9 Å². The molecular formula is C23H18FNO4. The second-order valence-corrected chi connectivity index (χ2v) is 6.90. The summed E-state index contributed by atoms with van der Waals surface area (Å²) in [5.74, 6) is -1.99. The van der Waals surface area contributed by atoms with Gasteiger partial charge in [0.15, 0.2) is 0 Å². The van der Waals surface area contributed by atoms with Crippen LogP contribution in [0.2, 0.25) is 0 Å². The van der Waals surface area contributed by atoms with Gasteiger partial charge in [0.05, 0.1) is 11.3 Å². The predicted molar refractivity (Wildman–Crippen MR) is 107 cm³/mol. The van der Waals surface area contributed by atoms with Crippen molar-refractivity contribution >= 4 is 17.7 Å². The van der Waals surface area contributed by atoms with Gasteiger partial charge in [0, 0.05) is 5.92 Å². The average Bonchev–Trinajstić information content (AvgIpc) is 3.03. The molecule has 3 aromatic rings. The van der Waals surface area contributed by atoms with Crippen molar-refractivity contribution in [2.45, 2.75) is 12.8 Å². The van der Waals surface area contributed by atoms with E-state index in [1.807, 2.05) is 48.5 Å². The molecule has 0 radical (unpaired) electrons. The van der Waals surface area contributed by atoms with E-state index < -0.39 is 17.9 Å². The van der Waals surface area contributed by atoms with Crippen LogP contribution >= 0.6 is 0 Å². The van der Waals surface area contributed by atoms with E-state index in [4.69, 9.17) is 4.74 Å². The van der Waals surface area contributed by atoms with Crippen LogP contribution in [0.25, 0.3) is 11.1 Å². The van der Waals surface area contributed by atoms with E-state index in [1.54, 1.807) is 0 Å². The van der Waals surface area contributed by atoms with Gasteiger partial charge in [-0.25, -0.2) is 14.0 Å². The van der Waals surface area contributed by atoms with Crippen molar-refractivity contribution < 1.29 is 23.8 Å². The molecule has 0 atom stereocenters. The molecular weight excluding hydrogens is 373 g/mol. The first kappa shape index (κ1) is 18.7. The van der Waals surface area contributed by atoms with E-state index in [-0.39, 0.29) is 29.3 Å². The first-order valence-corrected chi connectivity index (χ1v) is 9.11. The maximum absolute atomic E-state index is 13.9. The SMILES string of the molecule is Cc1cc(C(=O)O)c(NC(=O)OCC2c3ccccc3-c3ccccc32)cc1F. The van der Waals surface area contributed by atoms with E-state index >= 15 is 0 Å². The Balaban J connectivity index is 1.53. The molecule has 0 saturated heterocycles. The molecule has 0 bridgehead atoms. The van der Waals surface area contributed by atoms with Crippen molar-refractivity contribution in [1.29, 1.82) is 0 Å². The van der Waals surface area contributed by atoms with Crippen molar-refractivity contribution in [3.63, 3.8) is 0 Å². The van der Waals surface area contributed by atoms with Crippen LogP contribution in [0.3, 0.4) is 0 Å². The van der Waals surface area contributed by atoms with Crippen LogP contribution in [-0.4, -0.2) is 23.8 Å². The van der Waals surface area contributed by atoms with Crippen molar-refractivity contribution in [3.8, 4) is 11.1 Å². The number of carboxylic acid groups (broad SMARTS) is 1. The van der Waals surface area contributed by atoms with Gasteiger partial charge in [0.1, 0.15) is 12.4 Å². The van der Waals surface area contributed by atoms with E-state index in [0.717, 1.165) is 28.3 Å². The summed E-state index contributed by atoms with van der Waals surface area (Å²) >= 11 is 0. The second kappa shape index (κ2) is 7.39. The van der Waals surface area contributed by atoms with Crippen molar-refractivity contribution in [2.24, 2.45) is 0 Å². The molecule has 29 heavy (non-hydrogen) atoms. The molecule has 0 aromatic heterocycles. The molecule has 5 nitrogen and oxygen atoms in total. The first-order valence-electron chi connectivity index (χ1n) is 9.11. The Morgan fingerprint density at radius 1 is 1.03 bits per heavy atom. The Morgan fingerprint density at radius 2 is 1.62 bits per heavy atom. The Hall–Kier alpha value is -3.67. The molecule has 6 heteroatoms. The number of hydrogen-bond acceptors (Lipinski definition) is 3. The number of aromatic carboxylic acids is 1. The molecule has 0 unspecified atom stereocenters. The number of rotatable bonds is 4. The topological polar surface area (TPSA) is 75.6 Å². The highest BCUT2D eigenvalue weighted by atomic mass is 19.1. The van der Waals surface area contributed by atoms with Crippen LogP contribution < -0.4 is 5.32 Å². The van der Waals surface area contributed by atoms with Gasteiger partial charge >= 0.3 is 12.1 Å². The highest BCUT2D eigenvalue weighted by Crippen LogP contribution is 2.44. The monoisotopic (exact) mass is 391 g/mol. The minimum Gasteiger partial charge on any atom is -0.478 e. The largest absolute Gasteiger partial charge is 0.478 e. The summed E-state index contributed by atoms with van der Waals surface area (Å²) in [7, 11) is 0. The summed E-state index contributed by atoms with van der Waals surface area (Å²) in [6.45, 7) is 1.54. The lowest BCUT2D eigenvalue weighted by atomic mass is 9.98. The molecule has 0 fully saturated rings. The third-order valence-electron chi connectivity index (χ3n) is 5.11. The van der Waals surface area contributed by atoms with E-state index in [9.17, 15) is 19.1 Å². The summed E-state index contributed by atoms with van der Waals surface area (Å²) in [6, 6.07) is 18.0. The van der Waals surface area contributed by atoms with Crippen molar-refractivity contribution in [1.82, 2.24) is 0 Å². The summed E-state index contributed by atoms with van der Waals surface area (Å²) in [4.78, 5) is 23.7. The number of carboxylic acids is 1. The molecule has 0 spiro atoms. The Kier molecular flexibility index (Phi) is 4.76. The molecule has 0 heterocycles. The maximum Gasteiger partial charge on any atom is 0.411 e. The van der Waals surface area contributed by atoms with Crippen LogP contribution in [0.1, 0.15) is 33.0 Å². The summed E-state index contributed by atoms with van der Waals surface area (Å²) < 4.78 is 19.2.